The van der Waals surface area contributed by atoms with Crippen LogP contribution in [0.5, 0.6) is 0 Å². The van der Waals surface area contributed by atoms with Gasteiger partial charge in [-0.2, -0.15) is 0 Å². The van der Waals surface area contributed by atoms with E-state index in [9.17, 15) is 14.7 Å². The van der Waals surface area contributed by atoms with Crippen LogP contribution in [-0.4, -0.2) is 67.8 Å². The predicted molar refractivity (Wildman–Crippen MR) is 115 cm³/mol. The summed E-state index contributed by atoms with van der Waals surface area (Å²) in [6, 6.07) is -0.714. The van der Waals surface area contributed by atoms with Crippen molar-refractivity contribution in [2.24, 2.45) is 11.5 Å². The fraction of sp³-hybridized carbons (Fsp3) is 0.842. The summed E-state index contributed by atoms with van der Waals surface area (Å²) in [7, 11) is 0. The number of amides is 2. The summed E-state index contributed by atoms with van der Waals surface area (Å²) in [6.07, 6.45) is 6.40. The predicted octanol–water partition coefficient (Wildman–Crippen LogP) is -0.880. The van der Waals surface area contributed by atoms with Gasteiger partial charge in [0.25, 0.3) is 0 Å². The van der Waals surface area contributed by atoms with Crippen LogP contribution in [0.2, 0.25) is 0 Å². The van der Waals surface area contributed by atoms with Gasteiger partial charge in [-0.3, -0.25) is 15.0 Å². The number of carbonyl (C=O) groups is 2. The van der Waals surface area contributed by atoms with Crippen LogP contribution in [0.1, 0.15) is 58.3 Å². The monoisotopic (exact) mass is 415 g/mol. The van der Waals surface area contributed by atoms with Gasteiger partial charge in [-0.15, -0.1) is 0 Å². The Bertz CT molecular complexity index is 461. The first-order valence-electron chi connectivity index (χ1n) is 10.6. The Balaban J connectivity index is 3.74. The topological polar surface area (TPSA) is 178 Å². The van der Waals surface area contributed by atoms with E-state index in [-0.39, 0.29) is 23.8 Å². The summed E-state index contributed by atoms with van der Waals surface area (Å²) in [4.78, 5) is 24.0. The lowest BCUT2D eigenvalue weighted by Crippen LogP contribution is -2.49. The Morgan fingerprint density at radius 1 is 0.966 bits per heavy atom. The molecule has 2 atom stereocenters. The van der Waals surface area contributed by atoms with Crippen LogP contribution in [0.3, 0.4) is 0 Å². The lowest BCUT2D eigenvalue weighted by molar-refractivity contribution is -0.130. The minimum Gasteiger partial charge on any atom is -0.394 e. The van der Waals surface area contributed by atoms with Gasteiger partial charge in [-0.1, -0.05) is 12.8 Å². The lowest BCUT2D eigenvalue weighted by atomic mass is 10.1. The minimum absolute atomic E-state index is 0.0356. The molecule has 0 unspecified atom stereocenters. The Kier molecular flexibility index (Phi) is 16.9. The second-order valence-electron chi connectivity index (χ2n) is 7.32. The Morgan fingerprint density at radius 3 is 2.24 bits per heavy atom. The molecule has 0 heterocycles. The highest BCUT2D eigenvalue weighted by atomic mass is 16.3. The zero-order chi connectivity index (χ0) is 21.9. The zero-order valence-electron chi connectivity index (χ0n) is 17.8. The van der Waals surface area contributed by atoms with E-state index in [1.165, 1.54) is 0 Å². The molecule has 0 fully saturated rings. The first-order chi connectivity index (χ1) is 13.9. The van der Waals surface area contributed by atoms with Gasteiger partial charge in [0.15, 0.2) is 5.96 Å². The standard InChI is InChI=1S/C19H41N7O3/c1-15(20)9-13-23-10-6-7-11-24-18(29)16(14-27)26-17(28)8-4-2-3-5-12-25-19(21)22/h15-16,23,27H,2-14,20H2,1H3,(H,24,29)(H,26,28)(H4,21,22,25)/t15-,16+/m1/s1. The van der Waals surface area contributed by atoms with Crippen LogP contribution in [0.4, 0.5) is 0 Å². The summed E-state index contributed by atoms with van der Waals surface area (Å²) in [5.74, 6) is -0.632. The molecule has 10 heteroatoms. The first kappa shape index (κ1) is 27.1. The molecule has 0 saturated heterocycles. The molecule has 0 aromatic carbocycles. The highest BCUT2D eigenvalue weighted by molar-refractivity contribution is 5.87. The summed E-state index contributed by atoms with van der Waals surface area (Å²) in [5.41, 5.74) is 10.9. The first-order valence-corrected chi connectivity index (χ1v) is 10.6. The van der Waals surface area contributed by atoms with E-state index in [2.05, 4.69) is 21.3 Å². The normalized spacial score (nSPS) is 12.8. The minimum atomic E-state index is -0.911. The molecule has 0 bridgehead atoms. The number of aliphatic hydroxyl groups is 1. The molecular weight excluding hydrogens is 374 g/mol. The van der Waals surface area contributed by atoms with Gasteiger partial charge in [0, 0.05) is 25.6 Å². The zero-order valence-corrected chi connectivity index (χ0v) is 17.8. The van der Waals surface area contributed by atoms with Crippen LogP contribution in [0.15, 0.2) is 0 Å². The fourth-order valence-electron chi connectivity index (χ4n) is 2.61. The summed E-state index contributed by atoms with van der Waals surface area (Å²) >= 11 is 0. The Hall–Kier alpha value is -1.91. The molecule has 29 heavy (non-hydrogen) atoms. The molecule has 2 amide bonds. The lowest BCUT2D eigenvalue weighted by Gasteiger charge is -2.16. The van der Waals surface area contributed by atoms with Gasteiger partial charge in [0.05, 0.1) is 6.61 Å². The van der Waals surface area contributed by atoms with Crippen LogP contribution in [0, 0.1) is 5.41 Å². The molecule has 0 aliphatic carbocycles. The number of nitrogens with two attached hydrogens (primary N) is 2. The quantitative estimate of drug-likeness (QED) is 0.0813. The van der Waals surface area contributed by atoms with Crippen molar-refractivity contribution >= 4 is 17.8 Å². The highest BCUT2D eigenvalue weighted by Gasteiger charge is 2.18. The van der Waals surface area contributed by atoms with Crippen molar-refractivity contribution in [2.45, 2.75) is 70.4 Å². The smallest absolute Gasteiger partial charge is 0.244 e. The molecule has 0 aromatic rings. The number of guanidine groups is 1. The number of rotatable bonds is 18. The number of hydrogen-bond acceptors (Lipinski definition) is 6. The van der Waals surface area contributed by atoms with Crippen LogP contribution < -0.4 is 32.7 Å². The maximum atomic E-state index is 12.1. The highest BCUT2D eigenvalue weighted by Crippen LogP contribution is 2.02. The molecular formula is C19H41N7O3. The molecule has 10 nitrogen and oxygen atoms in total. The molecule has 0 radical (unpaired) electrons. The van der Waals surface area contributed by atoms with E-state index >= 15 is 0 Å². The van der Waals surface area contributed by atoms with Gasteiger partial charge in [-0.25, -0.2) is 0 Å². The second kappa shape index (κ2) is 18.1. The van der Waals surface area contributed by atoms with Gasteiger partial charge in [0.1, 0.15) is 6.04 Å². The average Bonchev–Trinajstić information content (AvgIpc) is 2.66. The number of nitrogens with one attached hydrogen (secondary N) is 5. The van der Waals surface area contributed by atoms with Crippen molar-refractivity contribution in [1.29, 1.82) is 5.41 Å². The SMILES string of the molecule is C[C@@H](N)CCNCCCCNC(=O)[C@H](CO)NC(=O)CCCCCCNC(=N)N. The van der Waals surface area contributed by atoms with Crippen LogP contribution >= 0.6 is 0 Å². The molecule has 0 aliphatic heterocycles. The maximum Gasteiger partial charge on any atom is 0.244 e. The Morgan fingerprint density at radius 2 is 1.59 bits per heavy atom. The summed E-state index contributed by atoms with van der Waals surface area (Å²) in [6.45, 7) is 4.47. The van der Waals surface area contributed by atoms with E-state index in [1.54, 1.807) is 0 Å². The third-order valence-electron chi connectivity index (χ3n) is 4.34. The largest absolute Gasteiger partial charge is 0.394 e. The molecule has 0 aromatic heterocycles. The fourth-order valence-corrected chi connectivity index (χ4v) is 2.61. The molecule has 0 aliphatic rings. The van der Waals surface area contributed by atoms with Gasteiger partial charge >= 0.3 is 0 Å². The van der Waals surface area contributed by atoms with Crippen molar-refractivity contribution in [3.63, 3.8) is 0 Å². The molecule has 170 valence electrons. The van der Waals surface area contributed by atoms with Crippen LogP contribution in [-0.2, 0) is 9.59 Å². The molecule has 0 rings (SSSR count). The van der Waals surface area contributed by atoms with Crippen LogP contribution in [0.25, 0.3) is 0 Å². The third-order valence-corrected chi connectivity index (χ3v) is 4.34. The van der Waals surface area contributed by atoms with E-state index in [0.717, 1.165) is 51.6 Å². The van der Waals surface area contributed by atoms with Gasteiger partial charge in [-0.05, 0) is 52.1 Å². The maximum absolute atomic E-state index is 12.1. The van der Waals surface area contributed by atoms with Gasteiger partial charge < -0.3 is 37.8 Å². The number of hydrogen-bond donors (Lipinski definition) is 8. The van der Waals surface area contributed by atoms with Gasteiger partial charge in [0.2, 0.25) is 11.8 Å². The molecule has 0 saturated carbocycles. The van der Waals surface area contributed by atoms with Crippen molar-refractivity contribution in [3.8, 4) is 0 Å². The van der Waals surface area contributed by atoms with Crippen molar-refractivity contribution in [2.75, 3.05) is 32.8 Å². The van der Waals surface area contributed by atoms with E-state index in [1.807, 2.05) is 6.92 Å². The summed E-state index contributed by atoms with van der Waals surface area (Å²) < 4.78 is 0. The third kappa shape index (κ3) is 17.9. The number of carbonyl (C=O) groups excluding carboxylic acids is 2. The number of unbranched alkanes of at least 4 members (excludes halogenated alkanes) is 4. The van der Waals surface area contributed by atoms with E-state index < -0.39 is 12.6 Å². The second-order valence-corrected chi connectivity index (χ2v) is 7.32. The molecule has 10 N–H and O–H groups in total. The van der Waals surface area contributed by atoms with Crippen molar-refractivity contribution < 1.29 is 14.7 Å². The van der Waals surface area contributed by atoms with E-state index in [4.69, 9.17) is 16.9 Å². The Labute approximate surface area is 174 Å². The van der Waals surface area contributed by atoms with E-state index in [0.29, 0.717) is 25.9 Å². The van der Waals surface area contributed by atoms with Crippen molar-refractivity contribution in [3.05, 3.63) is 0 Å². The van der Waals surface area contributed by atoms with Crippen molar-refractivity contribution in [1.82, 2.24) is 21.3 Å². The average molecular weight is 416 g/mol. The summed E-state index contributed by atoms with van der Waals surface area (Å²) in [5, 5.41) is 27.8. The number of aliphatic hydroxyl groups excluding tert-OH is 1. The molecule has 0 spiro atoms.